The topological polar surface area (TPSA) is 3.24 Å². The highest BCUT2D eigenvalue weighted by Crippen LogP contribution is 2.07. The lowest BCUT2D eigenvalue weighted by Gasteiger charge is -2.10. The molecule has 0 amide bonds. The Morgan fingerprint density at radius 1 is 0.444 bits per heavy atom. The quantitative estimate of drug-likeness (QED) is 0.328. The molecule has 0 aromatic heterocycles. The van der Waals surface area contributed by atoms with Crippen molar-refractivity contribution in [1.29, 1.82) is 0 Å². The summed E-state index contributed by atoms with van der Waals surface area (Å²) in [4.78, 5) is 2.08. The molecule has 0 aliphatic carbocycles. The largest absolute Gasteiger partial charge is 0.378 e. The Morgan fingerprint density at radius 2 is 0.667 bits per heavy atom. The van der Waals surface area contributed by atoms with E-state index in [9.17, 15) is 0 Å². The van der Waals surface area contributed by atoms with Crippen LogP contribution in [0.4, 0.5) is 5.69 Å². The maximum absolute atomic E-state index is 2.12. The van der Waals surface area contributed by atoms with Crippen molar-refractivity contribution >= 4 is 5.69 Å². The number of para-hydroxylation sites is 1. The smallest absolute Gasteiger partial charge is 0.0360 e. The van der Waals surface area contributed by atoms with E-state index in [0.29, 0.717) is 0 Å². The fraction of sp³-hybridized carbons (Fsp3) is 0.371. The molecule has 1 nitrogen and oxygen atoms in total. The monoisotopic (exact) mass is 493 g/mol. The molecule has 3 rings (SSSR count). The molecule has 1 heteroatoms. The number of anilines is 1. The molecule has 0 aliphatic heterocycles. The highest BCUT2D eigenvalue weighted by atomic mass is 15.1. The standard InChI is InChI=1S/C8H11N.C7H12.2C6H6.4C2H6/c1-9(2)8-6-4-3-5-7-8;1-3-5-7-6-4-2;2*1-2-4-6-5-3-1;4*1-2/h3-7H,1-2H3;3-6H,7H2,1-2H3;2*1-6H;4*1-2H3. The molecule has 0 saturated heterocycles. The third kappa shape index (κ3) is 44.6. The van der Waals surface area contributed by atoms with Crippen LogP contribution in [0.3, 0.4) is 0 Å². The molecule has 0 fully saturated rings. The summed E-state index contributed by atoms with van der Waals surface area (Å²) in [6, 6.07) is 34.3. The van der Waals surface area contributed by atoms with Crippen molar-refractivity contribution in [1.82, 2.24) is 0 Å². The third-order valence-electron chi connectivity index (χ3n) is 3.35. The van der Waals surface area contributed by atoms with Gasteiger partial charge < -0.3 is 4.90 Å². The normalized spacial score (nSPS) is 7.89. The zero-order valence-electron chi connectivity index (χ0n) is 25.8. The first-order chi connectivity index (χ1) is 17.7. The van der Waals surface area contributed by atoms with Crippen LogP contribution in [-0.4, -0.2) is 14.1 Å². The van der Waals surface area contributed by atoms with Crippen molar-refractivity contribution in [2.75, 3.05) is 19.0 Å². The van der Waals surface area contributed by atoms with Crippen LogP contribution in [0.25, 0.3) is 0 Å². The summed E-state index contributed by atoms with van der Waals surface area (Å²) in [6.07, 6.45) is 9.44. The molecule has 3 aromatic carbocycles. The molecule has 0 N–H and O–H groups in total. The average molecular weight is 494 g/mol. The molecular weight excluding hydrogens is 434 g/mol. The second-order valence-corrected chi connectivity index (χ2v) is 5.91. The second kappa shape index (κ2) is 49.2. The third-order valence-corrected chi connectivity index (χ3v) is 3.35. The maximum Gasteiger partial charge on any atom is 0.0360 e. The number of hydrogen-bond donors (Lipinski definition) is 0. The number of benzene rings is 3. The highest BCUT2D eigenvalue weighted by Gasteiger charge is 1.87. The van der Waals surface area contributed by atoms with Crippen LogP contribution in [0.5, 0.6) is 0 Å². The lowest BCUT2D eigenvalue weighted by molar-refractivity contribution is 1.13. The van der Waals surface area contributed by atoms with Crippen LogP contribution in [0.1, 0.15) is 75.7 Å². The fourth-order valence-corrected chi connectivity index (χ4v) is 1.85. The van der Waals surface area contributed by atoms with Crippen molar-refractivity contribution in [3.63, 3.8) is 0 Å². The molecule has 0 atom stereocenters. The van der Waals surface area contributed by atoms with Gasteiger partial charge in [-0.3, -0.25) is 0 Å². The zero-order valence-corrected chi connectivity index (χ0v) is 25.8. The van der Waals surface area contributed by atoms with E-state index in [2.05, 4.69) is 41.3 Å². The summed E-state index contributed by atoms with van der Waals surface area (Å²) < 4.78 is 0. The van der Waals surface area contributed by atoms with Crippen LogP contribution in [-0.2, 0) is 0 Å². The van der Waals surface area contributed by atoms with E-state index in [0.717, 1.165) is 6.42 Å². The van der Waals surface area contributed by atoms with E-state index in [1.54, 1.807) is 0 Å². The molecule has 0 heterocycles. The Balaban J connectivity index is -0.000000109. The molecule has 0 saturated carbocycles. The number of allylic oxidation sites excluding steroid dienone is 4. The van der Waals surface area contributed by atoms with E-state index in [-0.39, 0.29) is 0 Å². The molecule has 0 bridgehead atoms. The van der Waals surface area contributed by atoms with Crippen molar-refractivity contribution in [3.05, 3.63) is 127 Å². The fourth-order valence-electron chi connectivity index (χ4n) is 1.85. The van der Waals surface area contributed by atoms with Crippen LogP contribution >= 0.6 is 0 Å². The molecule has 204 valence electrons. The first kappa shape index (κ1) is 43.0. The minimum atomic E-state index is 1.08. The SMILES string of the molecule is CC.CC.CC.CC.CC=CCC=CC.CN(C)c1ccccc1.c1ccccc1.c1ccccc1. The predicted molar refractivity (Wildman–Crippen MR) is 173 cm³/mol. The van der Waals surface area contributed by atoms with Crippen molar-refractivity contribution in [3.8, 4) is 0 Å². The molecule has 0 unspecified atom stereocenters. The molecule has 0 radical (unpaired) electrons. The van der Waals surface area contributed by atoms with Gasteiger partial charge in [-0.1, -0.05) is 171 Å². The minimum Gasteiger partial charge on any atom is -0.378 e. The summed E-state index contributed by atoms with van der Waals surface area (Å²) >= 11 is 0. The van der Waals surface area contributed by atoms with E-state index in [4.69, 9.17) is 0 Å². The van der Waals surface area contributed by atoms with Gasteiger partial charge in [-0.25, -0.2) is 0 Å². The summed E-state index contributed by atoms with van der Waals surface area (Å²) in [7, 11) is 4.07. The zero-order chi connectivity index (χ0) is 28.7. The summed E-state index contributed by atoms with van der Waals surface area (Å²) in [6.45, 7) is 20.1. The van der Waals surface area contributed by atoms with E-state index < -0.39 is 0 Å². The van der Waals surface area contributed by atoms with Gasteiger partial charge in [0.15, 0.2) is 0 Å². The molecule has 36 heavy (non-hydrogen) atoms. The van der Waals surface area contributed by atoms with Gasteiger partial charge in [-0.2, -0.15) is 0 Å². The van der Waals surface area contributed by atoms with E-state index in [1.165, 1.54) is 5.69 Å². The van der Waals surface area contributed by atoms with Crippen molar-refractivity contribution in [2.45, 2.75) is 75.7 Å². The average Bonchev–Trinajstić information content (AvgIpc) is 3.01. The van der Waals surface area contributed by atoms with Crippen LogP contribution < -0.4 is 4.90 Å². The van der Waals surface area contributed by atoms with E-state index >= 15 is 0 Å². The van der Waals surface area contributed by atoms with Gasteiger partial charge in [0.05, 0.1) is 0 Å². The Kier molecular flexibility index (Phi) is 58.8. The Morgan fingerprint density at radius 3 is 0.833 bits per heavy atom. The Bertz CT molecular complexity index is 592. The van der Waals surface area contributed by atoms with Gasteiger partial charge in [0.25, 0.3) is 0 Å². The van der Waals surface area contributed by atoms with Gasteiger partial charge in [-0.15, -0.1) is 0 Å². The highest BCUT2D eigenvalue weighted by molar-refractivity contribution is 5.43. The molecule has 3 aromatic rings. The van der Waals surface area contributed by atoms with E-state index in [1.807, 2.05) is 174 Å². The molecule has 0 spiro atoms. The number of rotatable bonds is 3. The Labute approximate surface area is 227 Å². The summed E-state index contributed by atoms with van der Waals surface area (Å²) in [5, 5.41) is 0. The van der Waals surface area contributed by atoms with Crippen molar-refractivity contribution < 1.29 is 0 Å². The first-order valence-corrected chi connectivity index (χ1v) is 13.7. The number of nitrogens with zero attached hydrogens (tertiary/aromatic N) is 1. The first-order valence-electron chi connectivity index (χ1n) is 13.7. The van der Waals surface area contributed by atoms with Gasteiger partial charge in [0.1, 0.15) is 0 Å². The Hall–Kier alpha value is -3.06. The predicted octanol–water partition coefficient (Wildman–Crippen LogP) is 11.8. The van der Waals surface area contributed by atoms with Gasteiger partial charge >= 0.3 is 0 Å². The lowest BCUT2D eigenvalue weighted by atomic mass is 10.3. The van der Waals surface area contributed by atoms with Crippen LogP contribution in [0, 0.1) is 0 Å². The molecular formula is C35H59N. The van der Waals surface area contributed by atoms with Gasteiger partial charge in [0.2, 0.25) is 0 Å². The van der Waals surface area contributed by atoms with Crippen LogP contribution in [0.15, 0.2) is 127 Å². The summed E-state index contributed by atoms with van der Waals surface area (Å²) in [5.74, 6) is 0. The number of hydrogen-bond acceptors (Lipinski definition) is 1. The summed E-state index contributed by atoms with van der Waals surface area (Å²) in [5.41, 5.74) is 1.25. The maximum atomic E-state index is 2.12. The second-order valence-electron chi connectivity index (χ2n) is 5.91. The minimum absolute atomic E-state index is 1.08. The lowest BCUT2D eigenvalue weighted by Crippen LogP contribution is -2.07. The van der Waals surface area contributed by atoms with Crippen molar-refractivity contribution in [2.24, 2.45) is 0 Å². The molecule has 0 aliphatic rings. The van der Waals surface area contributed by atoms with Gasteiger partial charge in [-0.05, 0) is 32.4 Å². The van der Waals surface area contributed by atoms with Gasteiger partial charge in [0, 0.05) is 19.8 Å². The van der Waals surface area contributed by atoms with Crippen LogP contribution in [0.2, 0.25) is 0 Å².